The second kappa shape index (κ2) is 4.32. The summed E-state index contributed by atoms with van der Waals surface area (Å²) in [5.41, 5.74) is 0.930. The molecule has 0 unspecified atom stereocenters. The van der Waals surface area contributed by atoms with Crippen LogP contribution in [0.2, 0.25) is 0 Å². The SMILES string of the molecule is COc1cccc(-c2nc(C(=O)O)cs2)c1. The maximum atomic E-state index is 10.7. The lowest BCUT2D eigenvalue weighted by Crippen LogP contribution is -1.95. The average molecular weight is 235 g/mol. The van der Waals surface area contributed by atoms with E-state index in [9.17, 15) is 4.79 Å². The number of carbonyl (C=O) groups is 1. The second-order valence-corrected chi connectivity index (χ2v) is 3.93. The zero-order valence-corrected chi connectivity index (χ0v) is 9.32. The number of benzene rings is 1. The minimum atomic E-state index is -1.01. The normalized spacial score (nSPS) is 10.1. The molecule has 82 valence electrons. The monoisotopic (exact) mass is 235 g/mol. The highest BCUT2D eigenvalue weighted by atomic mass is 32.1. The summed E-state index contributed by atoms with van der Waals surface area (Å²) in [4.78, 5) is 14.7. The highest BCUT2D eigenvalue weighted by molar-refractivity contribution is 7.13. The number of rotatable bonds is 3. The third-order valence-corrected chi connectivity index (χ3v) is 2.93. The smallest absolute Gasteiger partial charge is 0.355 e. The molecule has 0 radical (unpaired) electrons. The van der Waals surface area contributed by atoms with Crippen LogP contribution in [0, 0.1) is 0 Å². The van der Waals surface area contributed by atoms with E-state index >= 15 is 0 Å². The Morgan fingerprint density at radius 2 is 2.31 bits per heavy atom. The van der Waals surface area contributed by atoms with E-state index in [4.69, 9.17) is 9.84 Å². The maximum Gasteiger partial charge on any atom is 0.355 e. The summed E-state index contributed by atoms with van der Waals surface area (Å²) in [6.07, 6.45) is 0. The zero-order valence-electron chi connectivity index (χ0n) is 8.51. The van der Waals surface area contributed by atoms with Crippen molar-refractivity contribution < 1.29 is 14.6 Å². The Balaban J connectivity index is 2.38. The first-order valence-corrected chi connectivity index (χ1v) is 5.42. The van der Waals surface area contributed by atoms with E-state index in [1.54, 1.807) is 7.11 Å². The van der Waals surface area contributed by atoms with Crippen LogP contribution < -0.4 is 4.74 Å². The van der Waals surface area contributed by atoms with Gasteiger partial charge >= 0.3 is 5.97 Å². The Bertz CT molecular complexity index is 521. The van der Waals surface area contributed by atoms with Gasteiger partial charge in [0.25, 0.3) is 0 Å². The van der Waals surface area contributed by atoms with Crippen LogP contribution >= 0.6 is 11.3 Å². The molecular weight excluding hydrogens is 226 g/mol. The van der Waals surface area contributed by atoms with Crippen LogP contribution in [-0.2, 0) is 0 Å². The molecule has 1 N–H and O–H groups in total. The Kier molecular flexibility index (Phi) is 2.87. The molecule has 0 spiro atoms. The van der Waals surface area contributed by atoms with Crippen LogP contribution in [0.15, 0.2) is 29.6 Å². The van der Waals surface area contributed by atoms with Gasteiger partial charge in [0.2, 0.25) is 0 Å². The van der Waals surface area contributed by atoms with Gasteiger partial charge in [-0.3, -0.25) is 0 Å². The molecule has 0 amide bonds. The van der Waals surface area contributed by atoms with E-state index < -0.39 is 5.97 Å². The molecule has 5 heteroatoms. The predicted octanol–water partition coefficient (Wildman–Crippen LogP) is 2.52. The molecule has 0 saturated carbocycles. The van der Waals surface area contributed by atoms with Crippen molar-refractivity contribution in [2.24, 2.45) is 0 Å². The molecule has 0 fully saturated rings. The Labute approximate surface area is 96.1 Å². The van der Waals surface area contributed by atoms with Crippen LogP contribution in [-0.4, -0.2) is 23.2 Å². The van der Waals surface area contributed by atoms with Crippen LogP contribution in [0.5, 0.6) is 5.75 Å². The number of carboxylic acid groups (broad SMARTS) is 1. The van der Waals surface area contributed by atoms with Gasteiger partial charge in [-0.1, -0.05) is 12.1 Å². The van der Waals surface area contributed by atoms with E-state index in [1.165, 1.54) is 16.7 Å². The first kappa shape index (κ1) is 10.6. The number of aromatic carboxylic acids is 1. The number of aromatic nitrogens is 1. The van der Waals surface area contributed by atoms with Crippen LogP contribution in [0.25, 0.3) is 10.6 Å². The van der Waals surface area contributed by atoms with Crippen molar-refractivity contribution in [3.8, 4) is 16.3 Å². The standard InChI is InChI=1S/C11H9NO3S/c1-15-8-4-2-3-7(5-8)10-12-9(6-16-10)11(13)14/h2-6H,1H3,(H,13,14). The average Bonchev–Trinajstić information content (AvgIpc) is 2.78. The Morgan fingerprint density at radius 1 is 1.50 bits per heavy atom. The number of methoxy groups -OCH3 is 1. The fourth-order valence-electron chi connectivity index (χ4n) is 1.26. The minimum absolute atomic E-state index is 0.0721. The van der Waals surface area contributed by atoms with Gasteiger partial charge in [0, 0.05) is 10.9 Å². The van der Waals surface area contributed by atoms with Gasteiger partial charge in [0.05, 0.1) is 7.11 Å². The minimum Gasteiger partial charge on any atom is -0.497 e. The van der Waals surface area contributed by atoms with Crippen LogP contribution in [0.4, 0.5) is 0 Å². The highest BCUT2D eigenvalue weighted by Gasteiger charge is 2.10. The Morgan fingerprint density at radius 3 is 2.94 bits per heavy atom. The third-order valence-electron chi connectivity index (χ3n) is 2.04. The van der Waals surface area contributed by atoms with Crippen molar-refractivity contribution in [1.29, 1.82) is 0 Å². The Hall–Kier alpha value is -1.88. The number of hydrogen-bond acceptors (Lipinski definition) is 4. The van der Waals surface area contributed by atoms with E-state index in [2.05, 4.69) is 4.98 Å². The molecule has 0 aliphatic carbocycles. The highest BCUT2D eigenvalue weighted by Crippen LogP contribution is 2.26. The van der Waals surface area contributed by atoms with Crippen molar-refractivity contribution in [1.82, 2.24) is 4.98 Å². The van der Waals surface area contributed by atoms with Gasteiger partial charge in [-0.05, 0) is 12.1 Å². The van der Waals surface area contributed by atoms with Crippen LogP contribution in [0.3, 0.4) is 0 Å². The van der Waals surface area contributed by atoms with Crippen molar-refractivity contribution in [2.45, 2.75) is 0 Å². The lowest BCUT2D eigenvalue weighted by atomic mass is 10.2. The van der Waals surface area contributed by atoms with Crippen molar-refractivity contribution in [3.05, 3.63) is 35.3 Å². The molecule has 0 aliphatic heterocycles. The van der Waals surface area contributed by atoms with E-state index in [1.807, 2.05) is 24.3 Å². The van der Waals surface area contributed by atoms with E-state index in [0.717, 1.165) is 11.3 Å². The van der Waals surface area contributed by atoms with E-state index in [-0.39, 0.29) is 5.69 Å². The topological polar surface area (TPSA) is 59.4 Å². The number of ether oxygens (including phenoxy) is 1. The van der Waals surface area contributed by atoms with Gasteiger partial charge in [-0.15, -0.1) is 11.3 Å². The first-order valence-electron chi connectivity index (χ1n) is 4.54. The summed E-state index contributed by atoms with van der Waals surface area (Å²) < 4.78 is 5.09. The number of carboxylic acids is 1. The third kappa shape index (κ3) is 2.04. The molecule has 16 heavy (non-hydrogen) atoms. The number of hydrogen-bond donors (Lipinski definition) is 1. The van der Waals surface area contributed by atoms with Crippen molar-refractivity contribution in [3.63, 3.8) is 0 Å². The summed E-state index contributed by atoms with van der Waals surface area (Å²) in [6.45, 7) is 0. The van der Waals surface area contributed by atoms with Gasteiger partial charge in [0.1, 0.15) is 10.8 Å². The van der Waals surface area contributed by atoms with Gasteiger partial charge in [-0.2, -0.15) is 0 Å². The van der Waals surface area contributed by atoms with Crippen molar-refractivity contribution in [2.75, 3.05) is 7.11 Å². The molecule has 0 aliphatic rings. The number of nitrogens with zero attached hydrogens (tertiary/aromatic N) is 1. The molecule has 0 bridgehead atoms. The number of thiazole rings is 1. The zero-order chi connectivity index (χ0) is 11.5. The molecule has 4 nitrogen and oxygen atoms in total. The molecule has 0 saturated heterocycles. The molecule has 2 aromatic rings. The quantitative estimate of drug-likeness (QED) is 0.888. The molecule has 0 atom stereocenters. The predicted molar refractivity (Wildman–Crippen MR) is 61.1 cm³/mol. The summed E-state index contributed by atoms with van der Waals surface area (Å²) >= 11 is 1.30. The lowest BCUT2D eigenvalue weighted by Gasteiger charge is -2.00. The summed E-state index contributed by atoms with van der Waals surface area (Å²) in [5.74, 6) is -0.282. The molecule has 2 rings (SSSR count). The molecule has 1 aromatic carbocycles. The molecular formula is C11H9NO3S. The largest absolute Gasteiger partial charge is 0.497 e. The van der Waals surface area contributed by atoms with Gasteiger partial charge < -0.3 is 9.84 Å². The molecule has 1 heterocycles. The fraction of sp³-hybridized carbons (Fsp3) is 0.0909. The summed E-state index contributed by atoms with van der Waals surface area (Å²) in [6, 6.07) is 7.36. The molecule has 1 aromatic heterocycles. The van der Waals surface area contributed by atoms with Crippen molar-refractivity contribution >= 4 is 17.3 Å². The van der Waals surface area contributed by atoms with Gasteiger partial charge in [0.15, 0.2) is 5.69 Å². The first-order chi connectivity index (χ1) is 7.70. The maximum absolute atomic E-state index is 10.7. The summed E-state index contributed by atoms with van der Waals surface area (Å²) in [7, 11) is 1.59. The van der Waals surface area contributed by atoms with Crippen LogP contribution in [0.1, 0.15) is 10.5 Å². The fourth-order valence-corrected chi connectivity index (χ4v) is 2.05. The second-order valence-electron chi connectivity index (χ2n) is 3.08. The lowest BCUT2D eigenvalue weighted by molar-refractivity contribution is 0.0691. The van der Waals surface area contributed by atoms with Gasteiger partial charge in [-0.25, -0.2) is 9.78 Å². The summed E-state index contributed by atoms with van der Waals surface area (Å²) in [5, 5.41) is 11.0. The van der Waals surface area contributed by atoms with E-state index in [0.29, 0.717) is 5.01 Å².